The molecule has 2 aromatic carbocycles. The standard InChI is InChI=1S/C19H19N3O4S/c1-10(13-8-5-9-27-13)20-14-15(18(25)17(14)24)21-12-7-4-6-11(16(12)23)19(26)22(2)3/h4-10,20-21,23H,1-3H3/t10-/m1/s1. The highest BCUT2D eigenvalue weighted by atomic mass is 32.1. The number of carbonyl (C=O) groups excluding carboxylic acids is 1. The molecule has 0 bridgehead atoms. The molecule has 0 spiro atoms. The maximum atomic E-state index is 12.1. The first-order chi connectivity index (χ1) is 12.8. The second-order valence-electron chi connectivity index (χ2n) is 6.32. The van der Waals surface area contributed by atoms with Crippen LogP contribution in [0.3, 0.4) is 0 Å². The van der Waals surface area contributed by atoms with Gasteiger partial charge in [0.2, 0.25) is 0 Å². The summed E-state index contributed by atoms with van der Waals surface area (Å²) < 4.78 is 0. The minimum absolute atomic E-state index is 0.0770. The Labute approximate surface area is 159 Å². The monoisotopic (exact) mass is 385 g/mol. The minimum Gasteiger partial charge on any atom is -0.505 e. The number of amides is 1. The lowest BCUT2D eigenvalue weighted by atomic mass is 10.1. The van der Waals surface area contributed by atoms with Gasteiger partial charge in [-0.15, -0.1) is 11.3 Å². The smallest absolute Gasteiger partial charge is 0.257 e. The number of phenols is 1. The van der Waals surface area contributed by atoms with Crippen molar-refractivity contribution in [3.05, 3.63) is 66.6 Å². The predicted molar refractivity (Wildman–Crippen MR) is 107 cm³/mol. The molecule has 1 atom stereocenters. The molecular weight excluding hydrogens is 366 g/mol. The Morgan fingerprint density at radius 2 is 1.81 bits per heavy atom. The number of nitrogens with one attached hydrogen (secondary N) is 2. The highest BCUT2D eigenvalue weighted by Crippen LogP contribution is 2.33. The quantitative estimate of drug-likeness (QED) is 0.446. The van der Waals surface area contributed by atoms with Crippen LogP contribution in [-0.4, -0.2) is 30.0 Å². The Kier molecular flexibility index (Phi) is 5.00. The maximum Gasteiger partial charge on any atom is 0.257 e. The zero-order chi connectivity index (χ0) is 19.7. The van der Waals surface area contributed by atoms with Gasteiger partial charge in [0, 0.05) is 19.0 Å². The Morgan fingerprint density at radius 3 is 2.44 bits per heavy atom. The fourth-order valence-electron chi connectivity index (χ4n) is 2.67. The van der Waals surface area contributed by atoms with E-state index < -0.39 is 10.9 Å². The molecule has 0 aliphatic heterocycles. The summed E-state index contributed by atoms with van der Waals surface area (Å²) in [6, 6.07) is 8.30. The van der Waals surface area contributed by atoms with E-state index in [4.69, 9.17) is 0 Å². The van der Waals surface area contributed by atoms with Crippen molar-refractivity contribution in [1.29, 1.82) is 0 Å². The van der Waals surface area contributed by atoms with Gasteiger partial charge >= 0.3 is 0 Å². The number of hydrogen-bond donors (Lipinski definition) is 3. The van der Waals surface area contributed by atoms with Crippen LogP contribution in [0.2, 0.25) is 0 Å². The number of para-hydroxylation sites is 1. The maximum absolute atomic E-state index is 12.1. The number of thiophene rings is 1. The molecule has 0 saturated carbocycles. The normalized spacial score (nSPS) is 12.0. The second-order valence-corrected chi connectivity index (χ2v) is 7.30. The highest BCUT2D eigenvalue weighted by Gasteiger charge is 2.25. The average Bonchev–Trinajstić information content (AvgIpc) is 3.19. The van der Waals surface area contributed by atoms with Crippen molar-refractivity contribution in [2.45, 2.75) is 13.0 Å². The van der Waals surface area contributed by atoms with E-state index in [-0.39, 0.29) is 40.3 Å². The molecule has 0 aliphatic rings. The van der Waals surface area contributed by atoms with Crippen molar-refractivity contribution in [1.82, 2.24) is 4.90 Å². The van der Waals surface area contributed by atoms with Crippen LogP contribution in [0.1, 0.15) is 28.2 Å². The molecule has 27 heavy (non-hydrogen) atoms. The molecular formula is C19H19N3O4S. The number of phenolic OH excluding ortho intramolecular Hbond substituents is 1. The molecule has 3 aromatic rings. The van der Waals surface area contributed by atoms with Crippen LogP contribution in [-0.2, 0) is 0 Å². The minimum atomic E-state index is -0.667. The summed E-state index contributed by atoms with van der Waals surface area (Å²) in [5, 5.41) is 18.2. The van der Waals surface area contributed by atoms with Crippen molar-refractivity contribution in [2.24, 2.45) is 0 Å². The summed E-state index contributed by atoms with van der Waals surface area (Å²) >= 11 is 1.54. The van der Waals surface area contributed by atoms with Crippen LogP contribution in [0.4, 0.5) is 17.1 Å². The van der Waals surface area contributed by atoms with Crippen LogP contribution >= 0.6 is 11.3 Å². The lowest BCUT2D eigenvalue weighted by molar-refractivity contribution is 0.0824. The first kappa shape index (κ1) is 18.7. The molecule has 8 heteroatoms. The topological polar surface area (TPSA) is 98.7 Å². The third-order valence-electron chi connectivity index (χ3n) is 4.17. The van der Waals surface area contributed by atoms with Gasteiger partial charge in [0.15, 0.2) is 5.75 Å². The van der Waals surface area contributed by atoms with Gasteiger partial charge in [0.1, 0.15) is 11.4 Å². The third-order valence-corrected chi connectivity index (χ3v) is 5.23. The lowest BCUT2D eigenvalue weighted by Crippen LogP contribution is -2.37. The van der Waals surface area contributed by atoms with Gasteiger partial charge in [-0.1, -0.05) is 12.1 Å². The Bertz CT molecular complexity index is 1050. The number of hydrogen-bond acceptors (Lipinski definition) is 7. The molecule has 1 amide bonds. The summed E-state index contributed by atoms with van der Waals surface area (Å²) in [4.78, 5) is 38.5. The average molecular weight is 385 g/mol. The van der Waals surface area contributed by atoms with Gasteiger partial charge in [0.25, 0.3) is 16.8 Å². The lowest BCUT2D eigenvalue weighted by Gasteiger charge is -2.20. The van der Waals surface area contributed by atoms with Crippen molar-refractivity contribution in [3.63, 3.8) is 0 Å². The summed E-state index contributed by atoms with van der Waals surface area (Å²) in [5.74, 6) is -0.646. The van der Waals surface area contributed by atoms with Crippen molar-refractivity contribution >= 4 is 34.3 Å². The van der Waals surface area contributed by atoms with E-state index in [1.165, 1.54) is 17.0 Å². The van der Waals surface area contributed by atoms with E-state index in [1.807, 2.05) is 24.4 Å². The van der Waals surface area contributed by atoms with Crippen LogP contribution < -0.4 is 21.5 Å². The molecule has 3 N–H and O–H groups in total. The third kappa shape index (κ3) is 3.43. The highest BCUT2D eigenvalue weighted by molar-refractivity contribution is 7.10. The molecule has 7 nitrogen and oxygen atoms in total. The van der Waals surface area contributed by atoms with Gasteiger partial charge in [-0.2, -0.15) is 0 Å². The summed E-state index contributed by atoms with van der Waals surface area (Å²) in [6.07, 6.45) is 0. The zero-order valence-electron chi connectivity index (χ0n) is 15.1. The molecule has 0 fully saturated rings. The molecule has 3 rings (SSSR count). The Morgan fingerprint density at radius 1 is 1.11 bits per heavy atom. The molecule has 0 aliphatic carbocycles. The van der Waals surface area contributed by atoms with Crippen molar-refractivity contribution in [2.75, 3.05) is 24.7 Å². The molecule has 140 valence electrons. The molecule has 0 unspecified atom stereocenters. The predicted octanol–water partition coefficient (Wildman–Crippen LogP) is 2.67. The van der Waals surface area contributed by atoms with Crippen molar-refractivity contribution in [3.8, 4) is 5.75 Å². The molecule has 1 heterocycles. The Hall–Kier alpha value is -3.13. The van der Waals surface area contributed by atoms with Gasteiger partial charge in [-0.25, -0.2) is 0 Å². The zero-order valence-corrected chi connectivity index (χ0v) is 15.9. The molecule has 0 saturated heterocycles. The van der Waals surface area contributed by atoms with Gasteiger partial charge in [-0.3, -0.25) is 14.4 Å². The Balaban J connectivity index is 1.89. The van der Waals surface area contributed by atoms with Gasteiger partial charge in [0.05, 0.1) is 17.3 Å². The number of aromatic hydroxyl groups is 1. The second kappa shape index (κ2) is 7.24. The summed E-state index contributed by atoms with van der Waals surface area (Å²) in [5.41, 5.74) is -0.745. The number of anilines is 3. The van der Waals surface area contributed by atoms with E-state index in [1.54, 1.807) is 31.5 Å². The fourth-order valence-corrected chi connectivity index (χ4v) is 3.40. The van der Waals surface area contributed by atoms with E-state index in [9.17, 15) is 19.5 Å². The molecule has 0 radical (unpaired) electrons. The van der Waals surface area contributed by atoms with E-state index >= 15 is 0 Å². The van der Waals surface area contributed by atoms with E-state index in [0.717, 1.165) is 4.88 Å². The number of carbonyl (C=O) groups is 1. The first-order valence-electron chi connectivity index (χ1n) is 8.25. The summed E-state index contributed by atoms with van der Waals surface area (Å²) in [6.45, 7) is 1.89. The fraction of sp³-hybridized carbons (Fsp3) is 0.211. The number of rotatable bonds is 6. The van der Waals surface area contributed by atoms with Gasteiger partial charge in [-0.05, 0) is 30.5 Å². The summed E-state index contributed by atoms with van der Waals surface area (Å²) in [7, 11) is 3.15. The van der Waals surface area contributed by atoms with E-state index in [0.29, 0.717) is 0 Å². The SMILES string of the molecule is C[C@@H](Nc1c(Nc2cccc(C(=O)N(C)C)c2O)c(=O)c1=O)c1cccs1. The number of benzene rings is 1. The van der Waals surface area contributed by atoms with Crippen LogP contribution in [0.15, 0.2) is 45.3 Å². The van der Waals surface area contributed by atoms with Crippen molar-refractivity contribution < 1.29 is 9.90 Å². The number of nitrogens with zero attached hydrogens (tertiary/aromatic N) is 1. The van der Waals surface area contributed by atoms with E-state index in [2.05, 4.69) is 10.6 Å². The van der Waals surface area contributed by atoms with Gasteiger partial charge < -0.3 is 20.6 Å². The van der Waals surface area contributed by atoms with Crippen LogP contribution in [0.5, 0.6) is 5.75 Å². The largest absolute Gasteiger partial charge is 0.505 e. The first-order valence-corrected chi connectivity index (χ1v) is 9.13. The van der Waals surface area contributed by atoms with Crippen LogP contribution in [0, 0.1) is 0 Å². The van der Waals surface area contributed by atoms with Crippen LogP contribution in [0.25, 0.3) is 0 Å². The molecule has 1 aromatic heterocycles.